The van der Waals surface area contributed by atoms with E-state index >= 15 is 0 Å². The van der Waals surface area contributed by atoms with E-state index in [1.165, 1.54) is 4.68 Å². The lowest BCUT2D eigenvalue weighted by atomic mass is 10.1. The van der Waals surface area contributed by atoms with E-state index in [0.29, 0.717) is 16.3 Å². The first-order valence-electron chi connectivity index (χ1n) is 4.69. The third-order valence-electron chi connectivity index (χ3n) is 2.30. The molecule has 0 fully saturated rings. The number of nitrogens with zero attached hydrogens (tertiary/aromatic N) is 2. The first-order chi connectivity index (χ1) is 8.02. The van der Waals surface area contributed by atoms with Crippen molar-refractivity contribution in [2.24, 2.45) is 7.05 Å². The predicted molar refractivity (Wildman–Crippen MR) is 68.8 cm³/mol. The number of aryl methyl sites for hydroxylation is 1. The van der Waals surface area contributed by atoms with E-state index in [1.54, 1.807) is 25.2 Å². The van der Waals surface area contributed by atoms with Gasteiger partial charge in [0.15, 0.2) is 0 Å². The largest absolute Gasteiger partial charge is 0.274 e. The molecule has 0 N–H and O–H groups in total. The van der Waals surface area contributed by atoms with E-state index in [9.17, 15) is 4.79 Å². The van der Waals surface area contributed by atoms with Crippen LogP contribution in [0.2, 0.25) is 10.0 Å². The highest BCUT2D eigenvalue weighted by Crippen LogP contribution is 2.34. The summed E-state index contributed by atoms with van der Waals surface area (Å²) >= 11 is 17.6. The summed E-state index contributed by atoms with van der Waals surface area (Å²) in [6.07, 6.45) is 0. The summed E-state index contributed by atoms with van der Waals surface area (Å²) in [6.45, 7) is 0. The van der Waals surface area contributed by atoms with Gasteiger partial charge < -0.3 is 0 Å². The molecule has 1 aromatic heterocycles. The number of halogens is 3. The summed E-state index contributed by atoms with van der Waals surface area (Å²) in [5.41, 5.74) is 1.27. The molecule has 0 unspecified atom stereocenters. The van der Waals surface area contributed by atoms with Gasteiger partial charge in [0.1, 0.15) is 11.4 Å². The zero-order chi connectivity index (χ0) is 12.6. The van der Waals surface area contributed by atoms with Gasteiger partial charge in [0.05, 0.1) is 10.0 Å². The Hall–Kier alpha value is -1.03. The van der Waals surface area contributed by atoms with Crippen molar-refractivity contribution in [3.63, 3.8) is 0 Å². The van der Waals surface area contributed by atoms with Gasteiger partial charge in [0.2, 0.25) is 0 Å². The van der Waals surface area contributed by atoms with E-state index in [1.807, 2.05) is 6.07 Å². The minimum atomic E-state index is -0.650. The summed E-state index contributed by atoms with van der Waals surface area (Å²) in [5.74, 6) is 0. The van der Waals surface area contributed by atoms with E-state index < -0.39 is 5.24 Å². The Kier molecular flexibility index (Phi) is 3.43. The fourth-order valence-corrected chi connectivity index (χ4v) is 2.38. The summed E-state index contributed by atoms with van der Waals surface area (Å²) in [4.78, 5) is 11.2. The molecule has 0 aliphatic carbocycles. The molecule has 3 nitrogen and oxygen atoms in total. The highest BCUT2D eigenvalue weighted by Gasteiger charge is 2.21. The van der Waals surface area contributed by atoms with E-state index in [4.69, 9.17) is 34.8 Å². The van der Waals surface area contributed by atoms with Crippen LogP contribution < -0.4 is 0 Å². The number of hydrogen-bond acceptors (Lipinski definition) is 2. The maximum absolute atomic E-state index is 11.2. The van der Waals surface area contributed by atoms with Crippen LogP contribution in [0.5, 0.6) is 0 Å². The van der Waals surface area contributed by atoms with Crippen molar-refractivity contribution in [3.8, 4) is 11.3 Å². The van der Waals surface area contributed by atoms with Crippen molar-refractivity contribution in [2.45, 2.75) is 0 Å². The van der Waals surface area contributed by atoms with Crippen LogP contribution in [0.3, 0.4) is 0 Å². The predicted octanol–water partition coefficient (Wildman–Crippen LogP) is 3.77. The molecule has 0 saturated carbocycles. The van der Waals surface area contributed by atoms with Gasteiger partial charge in [-0.25, -0.2) is 0 Å². The zero-order valence-corrected chi connectivity index (χ0v) is 11.0. The Labute approximate surface area is 113 Å². The molecule has 0 atom stereocenters. The Morgan fingerprint density at radius 1 is 1.29 bits per heavy atom. The maximum atomic E-state index is 11.2. The topological polar surface area (TPSA) is 34.9 Å². The highest BCUT2D eigenvalue weighted by molar-refractivity contribution is 6.68. The lowest BCUT2D eigenvalue weighted by molar-refractivity contribution is 0.107. The second kappa shape index (κ2) is 4.69. The molecule has 2 rings (SSSR count). The summed E-state index contributed by atoms with van der Waals surface area (Å²) in [7, 11) is 1.60. The van der Waals surface area contributed by atoms with Crippen molar-refractivity contribution < 1.29 is 4.79 Å². The standard InChI is InChI=1S/C11H7Cl3N2O/c1-16-10(11(14)17)8(13)9(15-16)6-4-2-3-5-7(6)12/h2-5H,1H3. The van der Waals surface area contributed by atoms with Crippen LogP contribution in [0.15, 0.2) is 24.3 Å². The molecule has 0 saturated heterocycles. The molecule has 2 aromatic rings. The normalized spacial score (nSPS) is 10.6. The van der Waals surface area contributed by atoms with Gasteiger partial charge in [0, 0.05) is 12.6 Å². The molecule has 1 aromatic carbocycles. The third-order valence-corrected chi connectivity index (χ3v) is 3.17. The Morgan fingerprint density at radius 2 is 1.94 bits per heavy atom. The number of benzene rings is 1. The molecule has 1 heterocycles. The van der Waals surface area contributed by atoms with Crippen molar-refractivity contribution in [1.82, 2.24) is 9.78 Å². The Balaban J connectivity index is 2.66. The molecular formula is C11H7Cl3N2O. The minimum Gasteiger partial charge on any atom is -0.274 e. The summed E-state index contributed by atoms with van der Waals surface area (Å²) in [6, 6.07) is 7.12. The molecule has 0 aliphatic rings. The second-order valence-corrected chi connectivity index (χ2v) is 4.52. The van der Waals surface area contributed by atoms with E-state index in [0.717, 1.165) is 0 Å². The van der Waals surface area contributed by atoms with Gasteiger partial charge in [-0.05, 0) is 17.7 Å². The van der Waals surface area contributed by atoms with Crippen molar-refractivity contribution in [2.75, 3.05) is 0 Å². The summed E-state index contributed by atoms with van der Waals surface area (Å²) in [5, 5.41) is 4.23. The van der Waals surface area contributed by atoms with Crippen molar-refractivity contribution >= 4 is 40.0 Å². The zero-order valence-electron chi connectivity index (χ0n) is 8.75. The van der Waals surface area contributed by atoms with Crippen LogP contribution in [-0.4, -0.2) is 15.0 Å². The van der Waals surface area contributed by atoms with Crippen LogP contribution in [-0.2, 0) is 7.05 Å². The van der Waals surface area contributed by atoms with Gasteiger partial charge in [-0.1, -0.05) is 41.4 Å². The van der Waals surface area contributed by atoms with Gasteiger partial charge in [0.25, 0.3) is 5.24 Å². The highest BCUT2D eigenvalue weighted by atomic mass is 35.5. The SMILES string of the molecule is Cn1nc(-c2ccccc2Cl)c(Cl)c1C(=O)Cl. The van der Waals surface area contributed by atoms with Crippen LogP contribution in [0, 0.1) is 0 Å². The fraction of sp³-hybridized carbons (Fsp3) is 0.0909. The quantitative estimate of drug-likeness (QED) is 0.789. The van der Waals surface area contributed by atoms with Crippen LogP contribution >= 0.6 is 34.8 Å². The number of carbonyl (C=O) groups is 1. The van der Waals surface area contributed by atoms with E-state index in [2.05, 4.69) is 5.10 Å². The smallest absolute Gasteiger partial charge is 0.272 e. The minimum absolute atomic E-state index is 0.156. The van der Waals surface area contributed by atoms with Crippen LogP contribution in [0.4, 0.5) is 0 Å². The average molecular weight is 290 g/mol. The molecule has 0 spiro atoms. The first kappa shape index (κ1) is 12.4. The lowest BCUT2D eigenvalue weighted by Gasteiger charge is -1.99. The van der Waals surface area contributed by atoms with Crippen molar-refractivity contribution in [1.29, 1.82) is 0 Å². The monoisotopic (exact) mass is 288 g/mol. The molecule has 0 amide bonds. The molecular weight excluding hydrogens is 282 g/mol. The number of rotatable bonds is 2. The van der Waals surface area contributed by atoms with Gasteiger partial charge >= 0.3 is 0 Å². The Morgan fingerprint density at radius 3 is 2.47 bits per heavy atom. The first-order valence-corrected chi connectivity index (χ1v) is 5.83. The van der Waals surface area contributed by atoms with Gasteiger partial charge in [-0.3, -0.25) is 9.48 Å². The van der Waals surface area contributed by atoms with Gasteiger partial charge in [-0.15, -0.1) is 0 Å². The van der Waals surface area contributed by atoms with Gasteiger partial charge in [-0.2, -0.15) is 5.10 Å². The number of hydrogen-bond donors (Lipinski definition) is 0. The van der Waals surface area contributed by atoms with Crippen LogP contribution in [0.25, 0.3) is 11.3 Å². The van der Waals surface area contributed by atoms with Crippen molar-refractivity contribution in [3.05, 3.63) is 40.0 Å². The maximum Gasteiger partial charge on any atom is 0.272 e. The fourth-order valence-electron chi connectivity index (χ4n) is 1.54. The lowest BCUT2D eigenvalue weighted by Crippen LogP contribution is -2.01. The molecule has 0 aliphatic heterocycles. The second-order valence-electron chi connectivity index (χ2n) is 3.39. The number of carbonyl (C=O) groups excluding carboxylic acids is 1. The number of aromatic nitrogens is 2. The molecule has 0 radical (unpaired) electrons. The molecule has 88 valence electrons. The molecule has 6 heteroatoms. The Bertz CT molecular complexity index is 592. The van der Waals surface area contributed by atoms with E-state index in [-0.39, 0.29) is 10.7 Å². The average Bonchev–Trinajstić information content (AvgIpc) is 2.55. The third kappa shape index (κ3) is 2.18. The molecule has 0 bridgehead atoms. The summed E-state index contributed by atoms with van der Waals surface area (Å²) < 4.78 is 1.34. The van der Waals surface area contributed by atoms with Crippen LogP contribution in [0.1, 0.15) is 10.5 Å². The molecule has 17 heavy (non-hydrogen) atoms.